The molecule has 0 heterocycles. The minimum Gasteiger partial charge on any atom is -0.370 e. The van der Waals surface area contributed by atoms with Crippen LogP contribution in [0.2, 0.25) is 5.02 Å². The first-order valence-electron chi connectivity index (χ1n) is 6.46. The van der Waals surface area contributed by atoms with Gasteiger partial charge in [0, 0.05) is 10.6 Å². The van der Waals surface area contributed by atoms with Crippen LogP contribution < -0.4 is 0 Å². The second-order valence-electron chi connectivity index (χ2n) is 4.74. The van der Waals surface area contributed by atoms with E-state index in [-0.39, 0.29) is 5.78 Å². The summed E-state index contributed by atoms with van der Waals surface area (Å²) in [5.74, 6) is 0.478. The SMILES string of the molecule is CCCC(C)COC(C)C(=O)c1cccc(Cl)c1. The van der Waals surface area contributed by atoms with Crippen molar-refractivity contribution < 1.29 is 9.53 Å². The number of ether oxygens (including phenoxy) is 1. The summed E-state index contributed by atoms with van der Waals surface area (Å²) in [5, 5.41) is 0.576. The van der Waals surface area contributed by atoms with Crippen LogP contribution in [-0.2, 0) is 4.74 Å². The number of carbonyl (C=O) groups is 1. The van der Waals surface area contributed by atoms with E-state index in [4.69, 9.17) is 16.3 Å². The van der Waals surface area contributed by atoms with E-state index in [0.717, 1.165) is 12.8 Å². The lowest BCUT2D eigenvalue weighted by atomic mass is 10.1. The first-order valence-corrected chi connectivity index (χ1v) is 6.83. The molecule has 0 bridgehead atoms. The predicted molar refractivity (Wildman–Crippen MR) is 75.3 cm³/mol. The van der Waals surface area contributed by atoms with Crippen LogP contribution in [0.5, 0.6) is 0 Å². The minimum absolute atomic E-state index is 0.0128. The van der Waals surface area contributed by atoms with Gasteiger partial charge >= 0.3 is 0 Å². The largest absolute Gasteiger partial charge is 0.370 e. The second-order valence-corrected chi connectivity index (χ2v) is 5.18. The summed E-state index contributed by atoms with van der Waals surface area (Å²) in [7, 11) is 0. The number of halogens is 1. The van der Waals surface area contributed by atoms with Crippen molar-refractivity contribution in [3.05, 3.63) is 34.9 Å². The summed E-state index contributed by atoms with van der Waals surface area (Å²) in [5.41, 5.74) is 0.609. The standard InChI is InChI=1S/C15H21ClO2/c1-4-6-11(2)10-18-12(3)15(17)13-7-5-8-14(16)9-13/h5,7-9,11-12H,4,6,10H2,1-3H3. The van der Waals surface area contributed by atoms with E-state index in [2.05, 4.69) is 13.8 Å². The third-order valence-corrected chi connectivity index (χ3v) is 3.13. The van der Waals surface area contributed by atoms with Crippen molar-refractivity contribution in [1.82, 2.24) is 0 Å². The zero-order chi connectivity index (χ0) is 13.5. The zero-order valence-electron chi connectivity index (χ0n) is 11.3. The average Bonchev–Trinajstić information content (AvgIpc) is 2.35. The number of Topliss-reactive ketones (excluding diaryl/α,β-unsaturated/α-hetero) is 1. The lowest BCUT2D eigenvalue weighted by Crippen LogP contribution is -2.23. The van der Waals surface area contributed by atoms with Crippen molar-refractivity contribution in [2.45, 2.75) is 39.7 Å². The van der Waals surface area contributed by atoms with E-state index in [1.54, 1.807) is 31.2 Å². The average molecular weight is 269 g/mol. The second kappa shape index (κ2) is 7.55. The maximum absolute atomic E-state index is 12.1. The lowest BCUT2D eigenvalue weighted by molar-refractivity contribution is 0.0354. The van der Waals surface area contributed by atoms with Gasteiger partial charge in [0.1, 0.15) is 6.10 Å². The summed E-state index contributed by atoms with van der Waals surface area (Å²) in [4.78, 5) is 12.1. The van der Waals surface area contributed by atoms with E-state index >= 15 is 0 Å². The molecule has 0 aliphatic rings. The fourth-order valence-electron chi connectivity index (χ4n) is 1.84. The summed E-state index contributed by atoms with van der Waals surface area (Å²) in [6.45, 7) is 6.71. The van der Waals surface area contributed by atoms with Crippen molar-refractivity contribution in [1.29, 1.82) is 0 Å². The predicted octanol–water partition coefficient (Wildman–Crippen LogP) is 4.36. The highest BCUT2D eigenvalue weighted by atomic mass is 35.5. The van der Waals surface area contributed by atoms with E-state index in [9.17, 15) is 4.79 Å². The van der Waals surface area contributed by atoms with Gasteiger partial charge < -0.3 is 4.74 Å². The van der Waals surface area contributed by atoms with E-state index in [0.29, 0.717) is 23.1 Å². The van der Waals surface area contributed by atoms with Crippen molar-refractivity contribution in [3.8, 4) is 0 Å². The molecule has 0 fully saturated rings. The fraction of sp³-hybridized carbons (Fsp3) is 0.533. The highest BCUT2D eigenvalue weighted by Crippen LogP contribution is 2.14. The molecule has 2 nitrogen and oxygen atoms in total. The van der Waals surface area contributed by atoms with Crippen LogP contribution in [0.25, 0.3) is 0 Å². The minimum atomic E-state index is -0.414. The third kappa shape index (κ3) is 4.79. The van der Waals surface area contributed by atoms with Crippen LogP contribution in [0.15, 0.2) is 24.3 Å². The molecular formula is C15H21ClO2. The molecule has 1 rings (SSSR count). The summed E-state index contributed by atoms with van der Waals surface area (Å²) >= 11 is 5.87. The molecule has 0 aliphatic heterocycles. The van der Waals surface area contributed by atoms with Gasteiger partial charge in [-0.2, -0.15) is 0 Å². The molecule has 2 unspecified atom stereocenters. The molecule has 100 valence electrons. The molecule has 0 radical (unpaired) electrons. The van der Waals surface area contributed by atoms with Gasteiger partial charge in [0.25, 0.3) is 0 Å². The van der Waals surface area contributed by atoms with Crippen molar-refractivity contribution in [2.75, 3.05) is 6.61 Å². The van der Waals surface area contributed by atoms with Crippen LogP contribution in [0.3, 0.4) is 0 Å². The summed E-state index contributed by atoms with van der Waals surface area (Å²) < 4.78 is 5.62. The Morgan fingerprint density at radius 3 is 2.72 bits per heavy atom. The molecule has 3 heteroatoms. The molecule has 1 aromatic rings. The molecule has 0 saturated heterocycles. The molecule has 0 saturated carbocycles. The van der Waals surface area contributed by atoms with Crippen LogP contribution in [-0.4, -0.2) is 18.5 Å². The first kappa shape index (κ1) is 15.2. The Labute approximate surface area is 114 Å². The molecular weight excluding hydrogens is 248 g/mol. The Morgan fingerprint density at radius 2 is 2.11 bits per heavy atom. The van der Waals surface area contributed by atoms with Crippen LogP contribution in [0.4, 0.5) is 0 Å². The van der Waals surface area contributed by atoms with E-state index in [1.807, 2.05) is 0 Å². The molecule has 1 aromatic carbocycles. The topological polar surface area (TPSA) is 26.3 Å². The Bertz CT molecular complexity index is 390. The van der Waals surface area contributed by atoms with E-state index < -0.39 is 6.10 Å². The third-order valence-electron chi connectivity index (χ3n) is 2.89. The summed E-state index contributed by atoms with van der Waals surface area (Å²) in [6.07, 6.45) is 1.85. The van der Waals surface area contributed by atoms with E-state index in [1.165, 1.54) is 0 Å². The van der Waals surface area contributed by atoms with Crippen molar-refractivity contribution >= 4 is 17.4 Å². The molecule has 0 spiro atoms. The summed E-state index contributed by atoms with van der Waals surface area (Å²) in [6, 6.07) is 6.98. The Balaban J connectivity index is 2.51. The molecule has 2 atom stereocenters. The Hall–Kier alpha value is -0.860. The van der Waals surface area contributed by atoms with Gasteiger partial charge in [-0.25, -0.2) is 0 Å². The monoisotopic (exact) mass is 268 g/mol. The van der Waals surface area contributed by atoms with Gasteiger partial charge in [0.2, 0.25) is 0 Å². The smallest absolute Gasteiger partial charge is 0.191 e. The fourth-order valence-corrected chi connectivity index (χ4v) is 2.03. The molecule has 0 amide bonds. The molecule has 0 N–H and O–H groups in total. The van der Waals surface area contributed by atoms with Crippen molar-refractivity contribution in [2.24, 2.45) is 5.92 Å². The van der Waals surface area contributed by atoms with Crippen LogP contribution >= 0.6 is 11.6 Å². The van der Waals surface area contributed by atoms with Gasteiger partial charge in [0.15, 0.2) is 5.78 Å². The first-order chi connectivity index (χ1) is 8.54. The number of ketones is 1. The highest BCUT2D eigenvalue weighted by Gasteiger charge is 2.16. The van der Waals surface area contributed by atoms with Crippen molar-refractivity contribution in [3.63, 3.8) is 0 Å². The number of hydrogen-bond donors (Lipinski definition) is 0. The van der Waals surface area contributed by atoms with Gasteiger partial charge in [-0.15, -0.1) is 0 Å². The quantitative estimate of drug-likeness (QED) is 0.687. The number of rotatable bonds is 7. The zero-order valence-corrected chi connectivity index (χ0v) is 12.0. The Kier molecular flexibility index (Phi) is 6.37. The maximum atomic E-state index is 12.1. The van der Waals surface area contributed by atoms with Gasteiger partial charge in [-0.3, -0.25) is 4.79 Å². The highest BCUT2D eigenvalue weighted by molar-refractivity contribution is 6.31. The molecule has 18 heavy (non-hydrogen) atoms. The number of hydrogen-bond acceptors (Lipinski definition) is 2. The van der Waals surface area contributed by atoms with Gasteiger partial charge in [-0.05, 0) is 31.4 Å². The lowest BCUT2D eigenvalue weighted by Gasteiger charge is -2.16. The molecule has 0 aliphatic carbocycles. The Morgan fingerprint density at radius 1 is 1.39 bits per heavy atom. The maximum Gasteiger partial charge on any atom is 0.191 e. The van der Waals surface area contributed by atoms with Crippen LogP contribution in [0, 0.1) is 5.92 Å². The number of benzene rings is 1. The van der Waals surface area contributed by atoms with Crippen LogP contribution in [0.1, 0.15) is 44.0 Å². The number of carbonyl (C=O) groups excluding carboxylic acids is 1. The normalized spacial score (nSPS) is 14.2. The molecule has 0 aromatic heterocycles. The van der Waals surface area contributed by atoms with Gasteiger partial charge in [0.05, 0.1) is 6.61 Å². The van der Waals surface area contributed by atoms with Gasteiger partial charge in [-0.1, -0.05) is 44.0 Å².